The molecule has 59 heavy (non-hydrogen) atoms. The normalized spacial score (nSPS) is 12.0. The highest BCUT2D eigenvalue weighted by Crippen LogP contribution is 2.42. The summed E-state index contributed by atoms with van der Waals surface area (Å²) in [5.41, 5.74) is 28.1. The van der Waals surface area contributed by atoms with Gasteiger partial charge in [-0.15, -0.1) is 6.42 Å². The first-order chi connectivity index (χ1) is 28.4. The molecule has 0 radical (unpaired) electrons. The lowest BCUT2D eigenvalue weighted by molar-refractivity contribution is 1.24. The molecular formula is C55H48N4. The van der Waals surface area contributed by atoms with Gasteiger partial charge in [-0.3, -0.25) is 0 Å². The van der Waals surface area contributed by atoms with Gasteiger partial charge >= 0.3 is 0 Å². The fraction of sp³-hybridized carbons (Fsp3) is 0.164. The summed E-state index contributed by atoms with van der Waals surface area (Å²) < 4.78 is 0. The molecule has 0 amide bonds. The number of aromatic nitrogens is 4. The average Bonchev–Trinajstić information content (AvgIpc) is 4.02. The highest BCUT2D eigenvalue weighted by molar-refractivity contribution is 6.01. The molecule has 4 nitrogen and oxygen atoms in total. The zero-order chi connectivity index (χ0) is 41.3. The van der Waals surface area contributed by atoms with E-state index in [1.807, 2.05) is 12.1 Å². The predicted molar refractivity (Wildman–Crippen MR) is 251 cm³/mol. The van der Waals surface area contributed by atoms with Gasteiger partial charge in [0.2, 0.25) is 0 Å². The molecule has 0 spiro atoms. The molecule has 7 aromatic rings. The molecular weight excluding hydrogens is 717 g/mol. The number of benzene rings is 4. The first-order valence-electron chi connectivity index (χ1n) is 20.4. The Balaban J connectivity index is 1.52. The van der Waals surface area contributed by atoms with Crippen LogP contribution in [0.3, 0.4) is 0 Å². The number of aromatic amines is 2. The van der Waals surface area contributed by atoms with Crippen molar-refractivity contribution in [2.45, 2.75) is 62.3 Å². The van der Waals surface area contributed by atoms with Gasteiger partial charge in [-0.1, -0.05) is 71.1 Å². The van der Waals surface area contributed by atoms with Gasteiger partial charge in [0.1, 0.15) is 0 Å². The number of nitrogens with one attached hydrogen (secondary N) is 2. The third-order valence-corrected chi connectivity index (χ3v) is 11.9. The monoisotopic (exact) mass is 764 g/mol. The van der Waals surface area contributed by atoms with Crippen molar-refractivity contribution < 1.29 is 0 Å². The van der Waals surface area contributed by atoms with E-state index in [0.29, 0.717) is 0 Å². The summed E-state index contributed by atoms with van der Waals surface area (Å²) in [4.78, 5) is 19.0. The molecule has 0 atom stereocenters. The third kappa shape index (κ3) is 6.54. The van der Waals surface area contributed by atoms with Crippen LogP contribution < -0.4 is 0 Å². The second-order valence-electron chi connectivity index (χ2n) is 16.5. The molecule has 3 aromatic heterocycles. The van der Waals surface area contributed by atoms with Crippen molar-refractivity contribution in [1.29, 1.82) is 0 Å². The maximum atomic E-state index is 5.83. The van der Waals surface area contributed by atoms with Crippen LogP contribution in [0.2, 0.25) is 0 Å². The molecule has 0 saturated heterocycles. The van der Waals surface area contributed by atoms with Gasteiger partial charge in [0.05, 0.1) is 22.8 Å². The highest BCUT2D eigenvalue weighted by atomic mass is 14.8. The Morgan fingerprint density at radius 3 is 1.02 bits per heavy atom. The van der Waals surface area contributed by atoms with Crippen LogP contribution in [0, 0.1) is 74.7 Å². The first kappa shape index (κ1) is 37.6. The quantitative estimate of drug-likeness (QED) is 0.175. The molecule has 0 aliphatic carbocycles. The van der Waals surface area contributed by atoms with Crippen LogP contribution in [0.4, 0.5) is 0 Å². The van der Waals surface area contributed by atoms with Gasteiger partial charge < -0.3 is 9.97 Å². The molecule has 4 aromatic carbocycles. The summed E-state index contributed by atoms with van der Waals surface area (Å²) in [5.74, 6) is 2.79. The minimum absolute atomic E-state index is 0.840. The van der Waals surface area contributed by atoms with Crippen LogP contribution in [-0.4, -0.2) is 19.9 Å². The topological polar surface area (TPSA) is 57.4 Å². The minimum atomic E-state index is 0.840. The number of aryl methyl sites for hydroxylation is 9. The number of H-pyrrole nitrogens is 2. The molecule has 9 rings (SSSR count). The molecule has 0 unspecified atom stereocenters. The molecule has 2 aliphatic rings. The van der Waals surface area contributed by atoms with E-state index in [1.165, 1.54) is 66.8 Å². The fourth-order valence-corrected chi connectivity index (χ4v) is 9.76. The Morgan fingerprint density at radius 1 is 0.373 bits per heavy atom. The lowest BCUT2D eigenvalue weighted by Crippen LogP contribution is -1.97. The van der Waals surface area contributed by atoms with E-state index in [4.69, 9.17) is 16.4 Å². The Kier molecular flexibility index (Phi) is 9.21. The summed E-state index contributed by atoms with van der Waals surface area (Å²) in [5, 5.41) is 0. The third-order valence-electron chi connectivity index (χ3n) is 11.9. The second kappa shape index (κ2) is 14.5. The van der Waals surface area contributed by atoms with Gasteiger partial charge in [-0.05, 0) is 179 Å². The fourth-order valence-electron chi connectivity index (χ4n) is 9.76. The average molecular weight is 765 g/mol. The van der Waals surface area contributed by atoms with Gasteiger partial charge in [0, 0.05) is 49.9 Å². The van der Waals surface area contributed by atoms with Crippen LogP contribution in [0.5, 0.6) is 0 Å². The van der Waals surface area contributed by atoms with Gasteiger partial charge in [0.15, 0.2) is 0 Å². The SMILES string of the molecule is C#Cc1ccc(-c2c3ccc([nH]3)c(-c3c(C)cc(C)cc3C)c3nc(c(-c4c(C)cc(C)cc4C)c4nc(c(-c5c(C)cc(C)cc5C)c5ccc2[nH]5)C=C4)C=C3)cc1. The van der Waals surface area contributed by atoms with Gasteiger partial charge in [0.25, 0.3) is 0 Å². The van der Waals surface area contributed by atoms with Crippen LogP contribution in [0.1, 0.15) is 78.4 Å². The molecule has 288 valence electrons. The lowest BCUT2D eigenvalue weighted by Gasteiger charge is -2.14. The maximum Gasteiger partial charge on any atom is 0.0738 e. The first-order valence-corrected chi connectivity index (χ1v) is 20.4. The van der Waals surface area contributed by atoms with Crippen LogP contribution in [0.15, 0.2) is 84.9 Å². The Labute approximate surface area is 347 Å². The summed E-state index contributed by atoms with van der Waals surface area (Å²) >= 11 is 0. The van der Waals surface area contributed by atoms with Gasteiger partial charge in [-0.25, -0.2) is 9.97 Å². The van der Waals surface area contributed by atoms with E-state index in [-0.39, 0.29) is 0 Å². The number of rotatable bonds is 4. The van der Waals surface area contributed by atoms with E-state index in [1.54, 1.807) is 0 Å². The standard InChI is InChI=1S/C55H48N4/c1-11-39-12-14-40(15-13-39)52-41-16-18-43(56-41)53(49-33(5)24-30(2)25-34(49)6)45-20-22-47(58-45)55(51-37(9)28-32(4)29-38(51)10)48-23-21-46(59-48)54(44-19-17-42(52)57-44)50-35(7)26-31(3)27-36(50)8/h1,12-29,56-57H,2-10H3. The predicted octanol–water partition coefficient (Wildman–Crippen LogP) is 14.1. The summed E-state index contributed by atoms with van der Waals surface area (Å²) in [6.07, 6.45) is 14.6. The molecule has 5 heterocycles. The second-order valence-corrected chi connectivity index (χ2v) is 16.5. The number of hydrogen-bond donors (Lipinski definition) is 2. The van der Waals surface area contributed by atoms with Crippen LogP contribution in [-0.2, 0) is 0 Å². The van der Waals surface area contributed by atoms with E-state index in [2.05, 4.69) is 175 Å². The highest BCUT2D eigenvalue weighted by Gasteiger charge is 2.23. The minimum Gasteiger partial charge on any atom is -0.354 e. The molecule has 8 bridgehead atoms. The number of nitrogens with zero attached hydrogens (tertiary/aromatic N) is 2. The maximum absolute atomic E-state index is 5.83. The van der Waals surface area contributed by atoms with Crippen molar-refractivity contribution in [3.63, 3.8) is 0 Å². The zero-order valence-electron chi connectivity index (χ0n) is 35.4. The van der Waals surface area contributed by atoms with Crippen LogP contribution in [0.25, 0.3) is 90.9 Å². The molecule has 2 N–H and O–H groups in total. The molecule has 4 heteroatoms. The smallest absolute Gasteiger partial charge is 0.0738 e. The Bertz CT molecular complexity index is 2960. The zero-order valence-corrected chi connectivity index (χ0v) is 35.4. The van der Waals surface area contributed by atoms with Crippen molar-refractivity contribution in [2.24, 2.45) is 0 Å². The Hall–Kier alpha value is -6.96. The summed E-state index contributed by atoms with van der Waals surface area (Å²) in [7, 11) is 0. The van der Waals surface area contributed by atoms with Crippen molar-refractivity contribution in [3.8, 4) is 56.9 Å². The van der Waals surface area contributed by atoms with Crippen molar-refractivity contribution >= 4 is 46.4 Å². The lowest BCUT2D eigenvalue weighted by atomic mass is 9.92. The number of terminal acetylenes is 1. The van der Waals surface area contributed by atoms with E-state index >= 15 is 0 Å². The summed E-state index contributed by atoms with van der Waals surface area (Å²) in [6, 6.07) is 30.7. The van der Waals surface area contributed by atoms with Crippen molar-refractivity contribution in [3.05, 3.63) is 163 Å². The molecule has 2 aliphatic heterocycles. The van der Waals surface area contributed by atoms with E-state index in [9.17, 15) is 0 Å². The van der Waals surface area contributed by atoms with Crippen molar-refractivity contribution in [2.75, 3.05) is 0 Å². The van der Waals surface area contributed by atoms with Crippen molar-refractivity contribution in [1.82, 2.24) is 19.9 Å². The van der Waals surface area contributed by atoms with E-state index < -0.39 is 0 Å². The summed E-state index contributed by atoms with van der Waals surface area (Å²) in [6.45, 7) is 19.7. The van der Waals surface area contributed by atoms with E-state index in [0.717, 1.165) is 78.2 Å². The van der Waals surface area contributed by atoms with Crippen LogP contribution >= 0.6 is 0 Å². The molecule has 0 saturated carbocycles. The Morgan fingerprint density at radius 2 is 0.678 bits per heavy atom. The number of fused-ring (bicyclic) bond motifs is 8. The largest absolute Gasteiger partial charge is 0.354 e. The van der Waals surface area contributed by atoms with Gasteiger partial charge in [-0.2, -0.15) is 0 Å². The number of hydrogen-bond acceptors (Lipinski definition) is 2. The molecule has 0 fully saturated rings.